The first-order valence-corrected chi connectivity index (χ1v) is 5.34. The van der Waals surface area contributed by atoms with E-state index in [-0.39, 0.29) is 29.6 Å². The molecule has 0 radical (unpaired) electrons. The molecule has 0 aliphatic heterocycles. The summed E-state index contributed by atoms with van der Waals surface area (Å²) < 4.78 is 33.1. The molecule has 17 heavy (non-hydrogen) atoms. The molecule has 0 unspecified atom stereocenters. The van der Waals surface area contributed by atoms with E-state index < -0.39 is 6.61 Å². The van der Waals surface area contributed by atoms with Crippen LogP contribution in [0.5, 0.6) is 11.5 Å². The van der Waals surface area contributed by atoms with Crippen LogP contribution in [0.15, 0.2) is 18.2 Å². The standard InChI is InChI=1S/C11H11ClF2O3/c1-16-10-6-7(17-11(13)14)2-3-8(10)9(15)4-5-12/h2-3,6,11H,4-5H2,1H3. The van der Waals surface area contributed by atoms with E-state index in [0.29, 0.717) is 5.56 Å². The molecule has 3 nitrogen and oxygen atoms in total. The number of benzene rings is 1. The van der Waals surface area contributed by atoms with Gasteiger partial charge in [-0.05, 0) is 12.1 Å². The number of hydrogen-bond donors (Lipinski definition) is 0. The average molecular weight is 265 g/mol. The van der Waals surface area contributed by atoms with Crippen molar-refractivity contribution < 1.29 is 23.0 Å². The molecule has 94 valence electrons. The molecule has 0 saturated heterocycles. The number of methoxy groups -OCH3 is 1. The molecular weight excluding hydrogens is 254 g/mol. The fourth-order valence-corrected chi connectivity index (χ4v) is 1.47. The van der Waals surface area contributed by atoms with Gasteiger partial charge >= 0.3 is 6.61 Å². The highest BCUT2D eigenvalue weighted by molar-refractivity contribution is 6.19. The van der Waals surface area contributed by atoms with Crippen LogP contribution in [0, 0.1) is 0 Å². The summed E-state index contributed by atoms with van der Waals surface area (Å²) in [5.41, 5.74) is 0.301. The minimum Gasteiger partial charge on any atom is -0.496 e. The number of rotatable bonds is 6. The topological polar surface area (TPSA) is 35.5 Å². The maximum Gasteiger partial charge on any atom is 0.387 e. The summed E-state index contributed by atoms with van der Waals surface area (Å²) in [6.07, 6.45) is 0.160. The maximum absolute atomic E-state index is 12.0. The zero-order valence-electron chi connectivity index (χ0n) is 9.08. The zero-order valence-corrected chi connectivity index (χ0v) is 9.84. The second kappa shape index (κ2) is 6.39. The van der Waals surface area contributed by atoms with Crippen molar-refractivity contribution in [2.75, 3.05) is 13.0 Å². The molecule has 1 aromatic carbocycles. The van der Waals surface area contributed by atoms with Crippen molar-refractivity contribution in [2.45, 2.75) is 13.0 Å². The Morgan fingerprint density at radius 1 is 1.47 bits per heavy atom. The third kappa shape index (κ3) is 3.85. The van der Waals surface area contributed by atoms with E-state index in [1.165, 1.54) is 25.3 Å². The zero-order chi connectivity index (χ0) is 12.8. The Morgan fingerprint density at radius 3 is 2.71 bits per heavy atom. The maximum atomic E-state index is 12.0. The summed E-state index contributed by atoms with van der Waals surface area (Å²) in [5.74, 6) is 0.120. The van der Waals surface area contributed by atoms with Crippen molar-refractivity contribution in [3.8, 4) is 11.5 Å². The van der Waals surface area contributed by atoms with E-state index >= 15 is 0 Å². The highest BCUT2D eigenvalue weighted by Crippen LogP contribution is 2.26. The average Bonchev–Trinajstić information content (AvgIpc) is 2.28. The molecular formula is C11H11ClF2O3. The number of ketones is 1. The first kappa shape index (κ1) is 13.7. The second-order valence-electron chi connectivity index (χ2n) is 3.10. The number of carbonyl (C=O) groups excluding carboxylic acids is 1. The Bertz CT molecular complexity index is 396. The van der Waals surface area contributed by atoms with E-state index in [1.807, 2.05) is 0 Å². The van der Waals surface area contributed by atoms with Crippen molar-refractivity contribution in [2.24, 2.45) is 0 Å². The van der Waals surface area contributed by atoms with Crippen molar-refractivity contribution >= 4 is 17.4 Å². The predicted molar refractivity (Wildman–Crippen MR) is 59.3 cm³/mol. The van der Waals surface area contributed by atoms with Crippen molar-refractivity contribution in [1.29, 1.82) is 0 Å². The van der Waals surface area contributed by atoms with Crippen LogP contribution in [0.3, 0.4) is 0 Å². The molecule has 0 aromatic heterocycles. The molecule has 1 aromatic rings. The smallest absolute Gasteiger partial charge is 0.387 e. The second-order valence-corrected chi connectivity index (χ2v) is 3.48. The molecule has 0 atom stereocenters. The van der Waals surface area contributed by atoms with Gasteiger partial charge in [0.05, 0.1) is 12.7 Å². The predicted octanol–water partition coefficient (Wildman–Crippen LogP) is 3.11. The number of hydrogen-bond acceptors (Lipinski definition) is 3. The van der Waals surface area contributed by atoms with Gasteiger partial charge in [0, 0.05) is 18.4 Å². The number of alkyl halides is 3. The van der Waals surface area contributed by atoms with Crippen LogP contribution in [0.2, 0.25) is 0 Å². The minimum absolute atomic E-state index is 0.0562. The van der Waals surface area contributed by atoms with Gasteiger partial charge in [-0.2, -0.15) is 8.78 Å². The van der Waals surface area contributed by atoms with Crippen LogP contribution in [0.1, 0.15) is 16.8 Å². The Hall–Kier alpha value is -1.36. The van der Waals surface area contributed by atoms with Gasteiger partial charge in [-0.15, -0.1) is 11.6 Å². The van der Waals surface area contributed by atoms with E-state index in [0.717, 1.165) is 0 Å². The molecule has 0 amide bonds. The van der Waals surface area contributed by atoms with E-state index in [2.05, 4.69) is 4.74 Å². The third-order valence-electron chi connectivity index (χ3n) is 2.02. The van der Waals surface area contributed by atoms with Gasteiger partial charge in [0.1, 0.15) is 11.5 Å². The van der Waals surface area contributed by atoms with E-state index in [1.54, 1.807) is 0 Å². The molecule has 0 bridgehead atoms. The lowest BCUT2D eigenvalue weighted by molar-refractivity contribution is -0.0499. The van der Waals surface area contributed by atoms with Gasteiger partial charge < -0.3 is 9.47 Å². The summed E-state index contributed by atoms with van der Waals surface area (Å²) >= 11 is 5.46. The summed E-state index contributed by atoms with van der Waals surface area (Å²) in [6, 6.07) is 3.91. The Kier molecular flexibility index (Phi) is 5.15. The molecule has 0 saturated carbocycles. The number of ether oxygens (including phenoxy) is 2. The van der Waals surface area contributed by atoms with Gasteiger partial charge in [0.2, 0.25) is 0 Å². The normalized spacial score (nSPS) is 10.4. The fraction of sp³-hybridized carbons (Fsp3) is 0.364. The highest BCUT2D eigenvalue weighted by atomic mass is 35.5. The van der Waals surface area contributed by atoms with Crippen LogP contribution in [-0.4, -0.2) is 25.4 Å². The van der Waals surface area contributed by atoms with E-state index in [4.69, 9.17) is 16.3 Å². The number of Topliss-reactive ketones (excluding diaryl/α,β-unsaturated/α-hetero) is 1. The van der Waals surface area contributed by atoms with Gasteiger partial charge in [-0.1, -0.05) is 0 Å². The molecule has 0 aliphatic rings. The largest absolute Gasteiger partial charge is 0.496 e. The van der Waals surface area contributed by atoms with Crippen LogP contribution in [0.4, 0.5) is 8.78 Å². The van der Waals surface area contributed by atoms with E-state index in [9.17, 15) is 13.6 Å². The van der Waals surface area contributed by atoms with Gasteiger partial charge in [-0.3, -0.25) is 4.79 Å². The molecule has 1 rings (SSSR count). The first-order valence-electron chi connectivity index (χ1n) is 4.80. The quantitative estimate of drug-likeness (QED) is 0.585. The van der Waals surface area contributed by atoms with Gasteiger partial charge in [-0.25, -0.2) is 0 Å². The highest BCUT2D eigenvalue weighted by Gasteiger charge is 2.14. The summed E-state index contributed by atoms with van der Waals surface area (Å²) in [5, 5.41) is 0. The lowest BCUT2D eigenvalue weighted by atomic mass is 10.1. The van der Waals surface area contributed by atoms with Crippen molar-refractivity contribution in [3.05, 3.63) is 23.8 Å². The lowest BCUT2D eigenvalue weighted by Gasteiger charge is -2.10. The molecule has 0 spiro atoms. The minimum atomic E-state index is -2.91. The van der Waals surface area contributed by atoms with Gasteiger partial charge in [0.25, 0.3) is 0 Å². The summed E-state index contributed by atoms with van der Waals surface area (Å²) in [6.45, 7) is -2.91. The summed E-state index contributed by atoms with van der Waals surface area (Å²) in [4.78, 5) is 11.6. The Balaban J connectivity index is 2.96. The summed E-state index contributed by atoms with van der Waals surface area (Å²) in [7, 11) is 1.35. The third-order valence-corrected chi connectivity index (χ3v) is 2.21. The van der Waals surface area contributed by atoms with Crippen LogP contribution in [0.25, 0.3) is 0 Å². The Morgan fingerprint density at radius 2 is 2.18 bits per heavy atom. The molecule has 0 heterocycles. The van der Waals surface area contributed by atoms with Crippen LogP contribution < -0.4 is 9.47 Å². The van der Waals surface area contributed by atoms with Crippen molar-refractivity contribution in [1.82, 2.24) is 0 Å². The van der Waals surface area contributed by atoms with Gasteiger partial charge in [0.15, 0.2) is 5.78 Å². The van der Waals surface area contributed by atoms with Crippen LogP contribution >= 0.6 is 11.6 Å². The molecule has 0 N–H and O–H groups in total. The molecule has 0 fully saturated rings. The first-order chi connectivity index (χ1) is 8.08. The lowest BCUT2D eigenvalue weighted by Crippen LogP contribution is -2.05. The number of carbonyl (C=O) groups is 1. The molecule has 0 aliphatic carbocycles. The fourth-order valence-electron chi connectivity index (χ4n) is 1.30. The SMILES string of the molecule is COc1cc(OC(F)F)ccc1C(=O)CCCl. The van der Waals surface area contributed by atoms with Crippen molar-refractivity contribution in [3.63, 3.8) is 0 Å². The monoisotopic (exact) mass is 264 g/mol. The Labute approximate surface area is 102 Å². The molecule has 6 heteroatoms. The number of halogens is 3. The van der Waals surface area contributed by atoms with Crippen LogP contribution in [-0.2, 0) is 0 Å².